The largest absolute Gasteiger partial charge is 0.374 e. The Bertz CT molecular complexity index is 644. The molecule has 2 unspecified atom stereocenters. The van der Waals surface area contributed by atoms with Crippen LogP contribution in [0, 0.1) is 0 Å². The Morgan fingerprint density at radius 2 is 2.22 bits per heavy atom. The first-order valence-electron chi connectivity index (χ1n) is 7.90. The maximum Gasteiger partial charge on any atom is 0.240 e. The van der Waals surface area contributed by atoms with Crippen molar-refractivity contribution in [3.05, 3.63) is 47.1 Å². The molecule has 0 amide bonds. The molecule has 0 radical (unpaired) electrons. The van der Waals surface area contributed by atoms with Crippen LogP contribution in [0.15, 0.2) is 28.8 Å². The first-order chi connectivity index (χ1) is 11.2. The summed E-state index contributed by atoms with van der Waals surface area (Å²) in [5.41, 5.74) is 2.66. The van der Waals surface area contributed by atoms with Crippen LogP contribution in [0.4, 0.5) is 0 Å². The van der Waals surface area contributed by atoms with Crippen molar-refractivity contribution in [1.82, 2.24) is 15.0 Å². The summed E-state index contributed by atoms with van der Waals surface area (Å²) in [5.74, 6) is 1.17. The summed E-state index contributed by atoms with van der Waals surface area (Å²) in [4.78, 5) is 6.51. The molecule has 124 valence electrons. The molecule has 0 bridgehead atoms. The fourth-order valence-electron chi connectivity index (χ4n) is 2.81. The van der Waals surface area contributed by atoms with Crippen molar-refractivity contribution in [2.75, 3.05) is 27.3 Å². The van der Waals surface area contributed by atoms with Crippen molar-refractivity contribution in [3.63, 3.8) is 0 Å². The Morgan fingerprint density at radius 1 is 1.39 bits per heavy atom. The van der Waals surface area contributed by atoms with Gasteiger partial charge in [-0.1, -0.05) is 29.4 Å². The highest BCUT2D eigenvalue weighted by molar-refractivity contribution is 5.31. The maximum absolute atomic E-state index is 5.95. The molecular weight excluding hydrogens is 294 g/mol. The first kappa shape index (κ1) is 16.1. The zero-order valence-electron chi connectivity index (χ0n) is 13.9. The van der Waals surface area contributed by atoms with Gasteiger partial charge >= 0.3 is 0 Å². The quantitative estimate of drug-likeness (QED) is 0.816. The third kappa shape index (κ3) is 3.77. The molecule has 0 N–H and O–H groups in total. The fourth-order valence-corrected chi connectivity index (χ4v) is 2.81. The lowest BCUT2D eigenvalue weighted by molar-refractivity contribution is 0.0181. The van der Waals surface area contributed by atoms with Gasteiger partial charge in [0, 0.05) is 13.7 Å². The number of hydrogen-bond acceptors (Lipinski definition) is 6. The second kappa shape index (κ2) is 7.21. The molecule has 6 nitrogen and oxygen atoms in total. The summed E-state index contributed by atoms with van der Waals surface area (Å²) in [6, 6.07) is 8.48. The van der Waals surface area contributed by atoms with E-state index in [2.05, 4.69) is 39.3 Å². The Hall–Kier alpha value is -1.76. The number of nitrogens with zero attached hydrogens (tertiary/aromatic N) is 3. The number of fused-ring (bicyclic) bond motifs is 1. The predicted molar refractivity (Wildman–Crippen MR) is 84.9 cm³/mol. The maximum atomic E-state index is 5.95. The number of benzene rings is 1. The van der Waals surface area contributed by atoms with Gasteiger partial charge in [0.2, 0.25) is 5.89 Å². The molecular formula is C17H23N3O3. The van der Waals surface area contributed by atoms with E-state index in [1.165, 1.54) is 11.1 Å². The zero-order chi connectivity index (χ0) is 16.2. The molecule has 0 aliphatic carbocycles. The number of methoxy groups -OCH3 is 1. The molecule has 6 heteroatoms. The van der Waals surface area contributed by atoms with Crippen molar-refractivity contribution in [3.8, 4) is 0 Å². The van der Waals surface area contributed by atoms with Crippen molar-refractivity contribution in [2.24, 2.45) is 0 Å². The van der Waals surface area contributed by atoms with Gasteiger partial charge in [0.25, 0.3) is 0 Å². The highest BCUT2D eigenvalue weighted by Gasteiger charge is 2.22. The van der Waals surface area contributed by atoms with Gasteiger partial charge in [-0.3, -0.25) is 4.90 Å². The SMILES string of the molecule is COC(C)c1noc(CN(C)CC2OCCc3ccccc32)n1. The zero-order valence-corrected chi connectivity index (χ0v) is 13.9. The third-order valence-electron chi connectivity index (χ3n) is 4.18. The summed E-state index contributed by atoms with van der Waals surface area (Å²) in [6.45, 7) is 4.04. The average molecular weight is 317 g/mol. The second-order valence-corrected chi connectivity index (χ2v) is 5.93. The number of rotatable bonds is 6. The van der Waals surface area contributed by atoms with Crippen molar-refractivity contribution < 1.29 is 14.0 Å². The summed E-state index contributed by atoms with van der Waals surface area (Å²) >= 11 is 0. The molecule has 0 saturated carbocycles. The lowest BCUT2D eigenvalue weighted by atomic mass is 9.97. The second-order valence-electron chi connectivity index (χ2n) is 5.93. The van der Waals surface area contributed by atoms with E-state index in [1.54, 1.807) is 7.11 Å². The Morgan fingerprint density at radius 3 is 3.04 bits per heavy atom. The highest BCUT2D eigenvalue weighted by Crippen LogP contribution is 2.27. The normalized spacial score (nSPS) is 18.9. The van der Waals surface area contributed by atoms with Gasteiger partial charge in [0.15, 0.2) is 5.82 Å². The van der Waals surface area contributed by atoms with E-state index in [4.69, 9.17) is 14.0 Å². The van der Waals surface area contributed by atoms with Gasteiger partial charge in [0.05, 0.1) is 19.3 Å². The van der Waals surface area contributed by atoms with Gasteiger partial charge in [-0.05, 0) is 31.5 Å². The summed E-state index contributed by atoms with van der Waals surface area (Å²) < 4.78 is 16.4. The van der Waals surface area contributed by atoms with Gasteiger partial charge in [-0.15, -0.1) is 0 Å². The Labute approximate surface area is 136 Å². The predicted octanol–water partition coefficient (Wildman–Crippen LogP) is 2.52. The van der Waals surface area contributed by atoms with Gasteiger partial charge in [-0.25, -0.2) is 0 Å². The van der Waals surface area contributed by atoms with Crippen LogP contribution >= 0.6 is 0 Å². The summed E-state index contributed by atoms with van der Waals surface area (Å²) in [5, 5.41) is 3.95. The number of aromatic nitrogens is 2. The lowest BCUT2D eigenvalue weighted by Crippen LogP contribution is -2.29. The first-order valence-corrected chi connectivity index (χ1v) is 7.90. The highest BCUT2D eigenvalue weighted by atomic mass is 16.5. The van der Waals surface area contributed by atoms with Crippen LogP contribution < -0.4 is 0 Å². The Balaban J connectivity index is 1.62. The molecule has 0 fully saturated rings. The minimum atomic E-state index is -0.161. The fraction of sp³-hybridized carbons (Fsp3) is 0.529. The van der Waals surface area contributed by atoms with Crippen molar-refractivity contribution in [2.45, 2.75) is 32.1 Å². The molecule has 23 heavy (non-hydrogen) atoms. The van der Waals surface area contributed by atoms with Gasteiger partial charge in [0.1, 0.15) is 6.10 Å². The molecule has 0 spiro atoms. The molecule has 1 aliphatic heterocycles. The molecule has 2 aromatic rings. The summed E-state index contributed by atoms with van der Waals surface area (Å²) in [6.07, 6.45) is 0.912. The van der Waals surface area contributed by atoms with Crippen LogP contribution in [0.2, 0.25) is 0 Å². The smallest absolute Gasteiger partial charge is 0.240 e. The van der Waals surface area contributed by atoms with Gasteiger partial charge in [-0.2, -0.15) is 4.98 Å². The van der Waals surface area contributed by atoms with E-state index in [9.17, 15) is 0 Å². The van der Waals surface area contributed by atoms with E-state index in [1.807, 2.05) is 14.0 Å². The number of hydrogen-bond donors (Lipinski definition) is 0. The van der Waals surface area contributed by atoms with Crippen LogP contribution in [0.25, 0.3) is 0 Å². The molecule has 1 aromatic heterocycles. The third-order valence-corrected chi connectivity index (χ3v) is 4.18. The average Bonchev–Trinajstić information content (AvgIpc) is 3.03. The van der Waals surface area contributed by atoms with Crippen LogP contribution in [-0.4, -0.2) is 42.3 Å². The molecule has 0 saturated heterocycles. The topological polar surface area (TPSA) is 60.6 Å². The van der Waals surface area contributed by atoms with E-state index in [0.29, 0.717) is 18.3 Å². The van der Waals surface area contributed by atoms with Crippen molar-refractivity contribution >= 4 is 0 Å². The molecule has 2 atom stereocenters. The van der Waals surface area contributed by atoms with E-state index in [0.717, 1.165) is 19.6 Å². The molecule has 3 rings (SSSR count). The minimum Gasteiger partial charge on any atom is -0.374 e. The van der Waals surface area contributed by atoms with Gasteiger partial charge < -0.3 is 14.0 Å². The molecule has 2 heterocycles. The van der Waals surface area contributed by atoms with Crippen LogP contribution in [0.3, 0.4) is 0 Å². The standard InChI is InChI=1S/C17H23N3O3/c1-12(21-3)17-18-16(23-19-17)11-20(2)10-15-14-7-5-4-6-13(14)8-9-22-15/h4-7,12,15H,8-11H2,1-3H3. The van der Waals surface area contributed by atoms with Crippen LogP contribution in [0.1, 0.15) is 42.0 Å². The lowest BCUT2D eigenvalue weighted by Gasteiger charge is -2.29. The monoisotopic (exact) mass is 317 g/mol. The summed E-state index contributed by atoms with van der Waals surface area (Å²) in [7, 11) is 3.66. The Kier molecular flexibility index (Phi) is 5.05. The number of ether oxygens (including phenoxy) is 2. The van der Waals surface area contributed by atoms with E-state index >= 15 is 0 Å². The van der Waals surface area contributed by atoms with Crippen LogP contribution in [-0.2, 0) is 22.4 Å². The molecule has 1 aliphatic rings. The molecule has 1 aromatic carbocycles. The van der Waals surface area contributed by atoms with E-state index < -0.39 is 0 Å². The van der Waals surface area contributed by atoms with Crippen molar-refractivity contribution in [1.29, 1.82) is 0 Å². The van der Waals surface area contributed by atoms with Crippen LogP contribution in [0.5, 0.6) is 0 Å². The minimum absolute atomic E-state index is 0.0882. The van der Waals surface area contributed by atoms with E-state index in [-0.39, 0.29) is 12.2 Å². The number of likely N-dealkylation sites (N-methyl/N-ethyl adjacent to an activating group) is 1.